The molecule has 0 spiro atoms. The lowest BCUT2D eigenvalue weighted by Crippen LogP contribution is -2.07. The average molecular weight is 368 g/mol. The number of rotatable bonds is 5. The highest BCUT2D eigenvalue weighted by atomic mass is 32.1. The standard InChI is InChI=1S/C20H20N2O3S/c1-12-9-13(2)19-17(10-12)26-20(22-19)21-18(23)8-6-14-5-7-15(24-3)11-16(14)25-4/h5-11H,1-4H3,(H,21,22,23)/b8-6+. The molecule has 0 bridgehead atoms. The van der Waals surface area contributed by atoms with Gasteiger partial charge in [0.05, 0.1) is 24.4 Å². The molecule has 3 aromatic rings. The van der Waals surface area contributed by atoms with Gasteiger partial charge in [0.1, 0.15) is 11.5 Å². The van der Waals surface area contributed by atoms with Crippen molar-refractivity contribution in [2.75, 3.05) is 19.5 Å². The van der Waals surface area contributed by atoms with Crippen LogP contribution < -0.4 is 14.8 Å². The molecular weight excluding hydrogens is 348 g/mol. The van der Waals surface area contributed by atoms with E-state index in [0.29, 0.717) is 16.6 Å². The lowest BCUT2D eigenvalue weighted by Gasteiger charge is -2.07. The van der Waals surface area contributed by atoms with E-state index in [4.69, 9.17) is 9.47 Å². The van der Waals surface area contributed by atoms with E-state index in [9.17, 15) is 4.79 Å². The van der Waals surface area contributed by atoms with Crippen molar-refractivity contribution in [1.29, 1.82) is 0 Å². The molecule has 26 heavy (non-hydrogen) atoms. The second-order valence-corrected chi connectivity index (χ2v) is 6.91. The molecule has 1 N–H and O–H groups in total. The SMILES string of the molecule is COc1ccc(/C=C/C(=O)Nc2nc3c(C)cc(C)cc3s2)c(OC)c1. The predicted molar refractivity (Wildman–Crippen MR) is 106 cm³/mol. The monoisotopic (exact) mass is 368 g/mol. The first kappa shape index (κ1) is 17.9. The van der Waals surface area contributed by atoms with Crippen molar-refractivity contribution >= 4 is 38.7 Å². The minimum atomic E-state index is -0.240. The van der Waals surface area contributed by atoms with Crippen LogP contribution in [-0.4, -0.2) is 25.1 Å². The number of nitrogens with zero attached hydrogens (tertiary/aromatic N) is 1. The lowest BCUT2D eigenvalue weighted by molar-refractivity contribution is -0.111. The van der Waals surface area contributed by atoms with Crippen LogP contribution in [0.3, 0.4) is 0 Å². The maximum Gasteiger partial charge on any atom is 0.250 e. The Kier molecular flexibility index (Phi) is 5.23. The van der Waals surface area contributed by atoms with E-state index in [1.807, 2.05) is 19.1 Å². The molecule has 0 aliphatic carbocycles. The molecule has 1 heterocycles. The second-order valence-electron chi connectivity index (χ2n) is 5.88. The summed E-state index contributed by atoms with van der Waals surface area (Å²) in [6.45, 7) is 4.08. The molecule has 3 rings (SSSR count). The Bertz CT molecular complexity index is 992. The summed E-state index contributed by atoms with van der Waals surface area (Å²) in [6.07, 6.45) is 3.17. The number of fused-ring (bicyclic) bond motifs is 1. The molecule has 0 fully saturated rings. The smallest absolute Gasteiger partial charge is 0.250 e. The van der Waals surface area contributed by atoms with Crippen molar-refractivity contribution in [1.82, 2.24) is 4.98 Å². The number of nitrogens with one attached hydrogen (secondary N) is 1. The van der Waals surface area contributed by atoms with E-state index in [1.165, 1.54) is 23.0 Å². The lowest BCUT2D eigenvalue weighted by atomic mass is 10.1. The number of amides is 1. The number of carbonyl (C=O) groups is 1. The molecule has 5 nitrogen and oxygen atoms in total. The molecule has 1 aromatic heterocycles. The largest absolute Gasteiger partial charge is 0.497 e. The van der Waals surface area contributed by atoms with Crippen molar-refractivity contribution in [2.24, 2.45) is 0 Å². The summed E-state index contributed by atoms with van der Waals surface area (Å²) >= 11 is 1.47. The van der Waals surface area contributed by atoms with Crippen molar-refractivity contribution < 1.29 is 14.3 Å². The van der Waals surface area contributed by atoms with Crippen LogP contribution in [0.1, 0.15) is 16.7 Å². The second kappa shape index (κ2) is 7.58. The van der Waals surface area contributed by atoms with E-state index < -0.39 is 0 Å². The summed E-state index contributed by atoms with van der Waals surface area (Å²) in [4.78, 5) is 16.8. The van der Waals surface area contributed by atoms with Gasteiger partial charge >= 0.3 is 0 Å². The summed E-state index contributed by atoms with van der Waals surface area (Å²) in [7, 11) is 3.18. The third kappa shape index (κ3) is 3.86. The van der Waals surface area contributed by atoms with E-state index in [0.717, 1.165) is 21.3 Å². The number of ether oxygens (including phenoxy) is 2. The Balaban J connectivity index is 1.77. The zero-order chi connectivity index (χ0) is 18.7. The first-order chi connectivity index (χ1) is 12.5. The van der Waals surface area contributed by atoms with Crippen molar-refractivity contribution in [3.05, 3.63) is 53.1 Å². The first-order valence-corrected chi connectivity index (χ1v) is 8.90. The molecule has 134 valence electrons. The van der Waals surface area contributed by atoms with E-state index >= 15 is 0 Å². The van der Waals surface area contributed by atoms with Crippen LogP contribution in [0.15, 0.2) is 36.4 Å². The van der Waals surface area contributed by atoms with Gasteiger partial charge in [0.15, 0.2) is 5.13 Å². The quantitative estimate of drug-likeness (QED) is 0.670. The third-order valence-corrected chi connectivity index (χ3v) is 4.83. The van der Waals surface area contributed by atoms with Crippen molar-refractivity contribution in [3.63, 3.8) is 0 Å². The molecule has 0 saturated heterocycles. The van der Waals surface area contributed by atoms with Crippen molar-refractivity contribution in [3.8, 4) is 11.5 Å². The van der Waals surface area contributed by atoms with Gasteiger partial charge in [-0.25, -0.2) is 4.98 Å². The zero-order valence-corrected chi connectivity index (χ0v) is 15.9. The van der Waals surface area contributed by atoms with Crippen LogP contribution >= 0.6 is 11.3 Å². The highest BCUT2D eigenvalue weighted by Crippen LogP contribution is 2.29. The van der Waals surface area contributed by atoms with Gasteiger partial charge in [-0.2, -0.15) is 0 Å². The van der Waals surface area contributed by atoms with Gasteiger partial charge in [-0.3, -0.25) is 10.1 Å². The predicted octanol–water partition coefficient (Wildman–Crippen LogP) is 4.58. The van der Waals surface area contributed by atoms with Crippen molar-refractivity contribution in [2.45, 2.75) is 13.8 Å². The zero-order valence-electron chi connectivity index (χ0n) is 15.1. The van der Waals surface area contributed by atoms with E-state index in [1.54, 1.807) is 26.4 Å². The van der Waals surface area contributed by atoms with Crippen LogP contribution in [0, 0.1) is 13.8 Å². The van der Waals surface area contributed by atoms with Crippen LogP contribution in [0.4, 0.5) is 5.13 Å². The number of benzene rings is 2. The summed E-state index contributed by atoms with van der Waals surface area (Å²) in [6, 6.07) is 9.59. The number of methoxy groups -OCH3 is 2. The maximum absolute atomic E-state index is 12.2. The summed E-state index contributed by atoms with van der Waals surface area (Å²) in [5.74, 6) is 1.10. The minimum absolute atomic E-state index is 0.240. The molecule has 1 amide bonds. The Morgan fingerprint density at radius 3 is 2.69 bits per heavy atom. The van der Waals surface area contributed by atoms with Crippen LogP contribution in [0.2, 0.25) is 0 Å². The summed E-state index contributed by atoms with van der Waals surface area (Å²) in [5, 5.41) is 3.41. The van der Waals surface area contributed by atoms with Gasteiger partial charge < -0.3 is 9.47 Å². The van der Waals surface area contributed by atoms with Crippen LogP contribution in [0.5, 0.6) is 11.5 Å². The van der Waals surface area contributed by atoms with Crippen LogP contribution in [-0.2, 0) is 4.79 Å². The number of thiazole rings is 1. The Morgan fingerprint density at radius 1 is 1.15 bits per heavy atom. The number of hydrogen-bond acceptors (Lipinski definition) is 5. The number of hydrogen-bond donors (Lipinski definition) is 1. The fraction of sp³-hybridized carbons (Fsp3) is 0.200. The first-order valence-electron chi connectivity index (χ1n) is 8.09. The fourth-order valence-corrected chi connectivity index (χ4v) is 3.74. The highest BCUT2D eigenvalue weighted by molar-refractivity contribution is 7.22. The Morgan fingerprint density at radius 2 is 1.96 bits per heavy atom. The molecule has 2 aromatic carbocycles. The highest BCUT2D eigenvalue weighted by Gasteiger charge is 2.09. The third-order valence-electron chi connectivity index (χ3n) is 3.91. The summed E-state index contributed by atoms with van der Waals surface area (Å²) in [5.41, 5.74) is 4.01. The van der Waals surface area contributed by atoms with Gasteiger partial charge in [-0.15, -0.1) is 0 Å². The number of carbonyl (C=O) groups excluding carboxylic acids is 1. The maximum atomic E-state index is 12.2. The topological polar surface area (TPSA) is 60.5 Å². The molecule has 0 aliphatic heterocycles. The number of anilines is 1. The molecular formula is C20H20N2O3S. The number of aryl methyl sites for hydroxylation is 2. The van der Waals surface area contributed by atoms with E-state index in [2.05, 4.69) is 29.4 Å². The van der Waals surface area contributed by atoms with Crippen LogP contribution in [0.25, 0.3) is 16.3 Å². The molecule has 0 unspecified atom stereocenters. The molecule has 0 saturated carbocycles. The van der Waals surface area contributed by atoms with Gasteiger partial charge in [-0.1, -0.05) is 17.4 Å². The average Bonchev–Trinajstić information content (AvgIpc) is 3.02. The van der Waals surface area contributed by atoms with Gasteiger partial charge in [0.2, 0.25) is 5.91 Å². The number of aromatic nitrogens is 1. The Labute approximate surface area is 156 Å². The normalized spacial score (nSPS) is 11.1. The summed E-state index contributed by atoms with van der Waals surface area (Å²) < 4.78 is 11.6. The van der Waals surface area contributed by atoms with Gasteiger partial charge in [-0.05, 0) is 49.2 Å². The van der Waals surface area contributed by atoms with Gasteiger partial charge in [0.25, 0.3) is 0 Å². The Hall–Kier alpha value is -2.86. The fourth-order valence-electron chi connectivity index (χ4n) is 2.69. The van der Waals surface area contributed by atoms with Gasteiger partial charge in [0, 0.05) is 17.7 Å². The molecule has 0 radical (unpaired) electrons. The van der Waals surface area contributed by atoms with E-state index in [-0.39, 0.29) is 5.91 Å². The molecule has 0 aliphatic rings. The minimum Gasteiger partial charge on any atom is -0.497 e. The molecule has 0 atom stereocenters. The molecule has 6 heteroatoms.